The summed E-state index contributed by atoms with van der Waals surface area (Å²) < 4.78 is 6.57. The van der Waals surface area contributed by atoms with Crippen molar-refractivity contribution in [2.75, 3.05) is 25.5 Å². The van der Waals surface area contributed by atoms with E-state index in [9.17, 15) is 14.4 Å². The zero-order chi connectivity index (χ0) is 21.1. The summed E-state index contributed by atoms with van der Waals surface area (Å²) in [6.07, 6.45) is 3.69. The first-order valence-corrected chi connectivity index (χ1v) is 9.92. The molecule has 1 saturated heterocycles. The first kappa shape index (κ1) is 19.7. The fourth-order valence-corrected chi connectivity index (χ4v) is 3.84. The van der Waals surface area contributed by atoms with Gasteiger partial charge in [0.05, 0.1) is 12.7 Å². The largest absolute Gasteiger partial charge is 0.465 e. The summed E-state index contributed by atoms with van der Waals surface area (Å²) in [5, 5.41) is 3.58. The van der Waals surface area contributed by atoms with Crippen LogP contribution >= 0.6 is 0 Å². The van der Waals surface area contributed by atoms with Crippen molar-refractivity contribution in [2.45, 2.75) is 19.4 Å². The van der Waals surface area contributed by atoms with E-state index in [2.05, 4.69) is 5.32 Å². The minimum Gasteiger partial charge on any atom is -0.465 e. The normalized spacial score (nSPS) is 13.4. The van der Waals surface area contributed by atoms with Crippen LogP contribution in [-0.2, 0) is 16.1 Å². The van der Waals surface area contributed by atoms with Gasteiger partial charge in [0.2, 0.25) is 5.91 Å². The summed E-state index contributed by atoms with van der Waals surface area (Å²) in [5.74, 6) is -0.709. The number of ether oxygens (including phenoxy) is 1. The Labute approximate surface area is 174 Å². The van der Waals surface area contributed by atoms with Gasteiger partial charge in [-0.05, 0) is 37.1 Å². The van der Waals surface area contributed by atoms with E-state index in [1.807, 2.05) is 29.2 Å². The molecule has 7 heteroatoms. The molecule has 0 aliphatic carbocycles. The summed E-state index contributed by atoms with van der Waals surface area (Å²) in [6, 6.07) is 14.3. The van der Waals surface area contributed by atoms with Crippen LogP contribution in [0.15, 0.2) is 54.7 Å². The lowest BCUT2D eigenvalue weighted by molar-refractivity contribution is -0.116. The molecule has 0 spiro atoms. The molecule has 2 amide bonds. The molecule has 1 aromatic heterocycles. The van der Waals surface area contributed by atoms with Crippen molar-refractivity contribution >= 4 is 34.4 Å². The highest BCUT2D eigenvalue weighted by Gasteiger charge is 2.20. The number of fused-ring (bicyclic) bond motifs is 1. The van der Waals surface area contributed by atoms with Crippen LogP contribution in [0.2, 0.25) is 0 Å². The van der Waals surface area contributed by atoms with E-state index in [4.69, 9.17) is 4.74 Å². The number of carbonyl (C=O) groups excluding carboxylic acids is 3. The third-order valence-electron chi connectivity index (χ3n) is 5.29. The van der Waals surface area contributed by atoms with Gasteiger partial charge in [-0.25, -0.2) is 4.79 Å². The van der Waals surface area contributed by atoms with Gasteiger partial charge in [0, 0.05) is 41.4 Å². The summed E-state index contributed by atoms with van der Waals surface area (Å²) >= 11 is 0. The molecule has 0 unspecified atom stereocenters. The number of esters is 1. The van der Waals surface area contributed by atoms with Gasteiger partial charge in [-0.2, -0.15) is 0 Å². The number of methoxy groups -OCH3 is 1. The fourth-order valence-electron chi connectivity index (χ4n) is 3.84. The first-order chi connectivity index (χ1) is 14.6. The molecule has 1 aliphatic heterocycles. The van der Waals surface area contributed by atoms with Crippen molar-refractivity contribution in [1.82, 2.24) is 9.47 Å². The van der Waals surface area contributed by atoms with E-state index < -0.39 is 5.97 Å². The van der Waals surface area contributed by atoms with Crippen LogP contribution in [0.3, 0.4) is 0 Å². The predicted molar refractivity (Wildman–Crippen MR) is 113 cm³/mol. The highest BCUT2D eigenvalue weighted by molar-refractivity contribution is 6.05. The highest BCUT2D eigenvalue weighted by atomic mass is 16.5. The Morgan fingerprint density at radius 2 is 1.80 bits per heavy atom. The van der Waals surface area contributed by atoms with E-state index in [-0.39, 0.29) is 18.4 Å². The second-order valence-electron chi connectivity index (χ2n) is 7.31. The summed E-state index contributed by atoms with van der Waals surface area (Å²) in [4.78, 5) is 39.1. The number of para-hydroxylation sites is 1. The number of hydrogen-bond acceptors (Lipinski definition) is 4. The topological polar surface area (TPSA) is 80.6 Å². The Balaban J connectivity index is 1.51. The Hall–Kier alpha value is -3.61. The molecule has 0 bridgehead atoms. The van der Waals surface area contributed by atoms with Gasteiger partial charge in [-0.3, -0.25) is 9.59 Å². The predicted octanol–water partition coefficient (Wildman–Crippen LogP) is 3.30. The van der Waals surface area contributed by atoms with Crippen LogP contribution in [-0.4, -0.2) is 47.4 Å². The van der Waals surface area contributed by atoms with Crippen LogP contribution in [0, 0.1) is 0 Å². The monoisotopic (exact) mass is 405 g/mol. The second kappa shape index (κ2) is 8.41. The van der Waals surface area contributed by atoms with E-state index >= 15 is 0 Å². The average molecular weight is 405 g/mol. The van der Waals surface area contributed by atoms with Crippen molar-refractivity contribution in [3.8, 4) is 0 Å². The van der Waals surface area contributed by atoms with Gasteiger partial charge in [0.15, 0.2) is 0 Å². The number of anilines is 1. The minimum absolute atomic E-state index is 0.0114. The molecule has 2 heterocycles. The van der Waals surface area contributed by atoms with Crippen molar-refractivity contribution in [1.29, 1.82) is 0 Å². The third kappa shape index (κ3) is 3.91. The summed E-state index contributed by atoms with van der Waals surface area (Å²) in [7, 11) is 1.33. The van der Waals surface area contributed by atoms with Gasteiger partial charge < -0.3 is 19.5 Å². The Bertz CT molecular complexity index is 1110. The zero-order valence-electron chi connectivity index (χ0n) is 16.8. The number of nitrogens with zero attached hydrogens (tertiary/aromatic N) is 2. The molecule has 4 rings (SSSR count). The summed E-state index contributed by atoms with van der Waals surface area (Å²) in [6.45, 7) is 1.58. The molecule has 0 atom stereocenters. The molecular formula is C23H23N3O4. The molecule has 0 saturated carbocycles. The molecule has 2 aromatic carbocycles. The van der Waals surface area contributed by atoms with Crippen molar-refractivity contribution in [3.63, 3.8) is 0 Å². The average Bonchev–Trinajstić information content (AvgIpc) is 3.42. The molecule has 1 N–H and O–H groups in total. The van der Waals surface area contributed by atoms with E-state index in [1.54, 1.807) is 35.0 Å². The van der Waals surface area contributed by atoms with Gasteiger partial charge in [0.25, 0.3) is 5.91 Å². The number of carbonyl (C=O) groups is 3. The second-order valence-corrected chi connectivity index (χ2v) is 7.31. The van der Waals surface area contributed by atoms with Crippen LogP contribution in [0.1, 0.15) is 33.6 Å². The van der Waals surface area contributed by atoms with Gasteiger partial charge >= 0.3 is 5.97 Å². The molecular weight excluding hydrogens is 382 g/mol. The maximum Gasteiger partial charge on any atom is 0.340 e. The van der Waals surface area contributed by atoms with Gasteiger partial charge in [0.1, 0.15) is 6.54 Å². The number of nitrogens with one attached hydrogen (secondary N) is 1. The quantitative estimate of drug-likeness (QED) is 0.661. The molecule has 3 aromatic rings. The zero-order valence-corrected chi connectivity index (χ0v) is 16.8. The van der Waals surface area contributed by atoms with Crippen LogP contribution in [0.25, 0.3) is 10.9 Å². The molecule has 7 nitrogen and oxygen atoms in total. The van der Waals surface area contributed by atoms with Crippen LogP contribution in [0.5, 0.6) is 0 Å². The van der Waals surface area contributed by atoms with Crippen molar-refractivity contribution < 1.29 is 19.1 Å². The SMILES string of the molecule is COC(=O)c1cn(CC(=O)Nc2cccc(C(=O)N3CCCC3)c2)c2ccccc12. The Morgan fingerprint density at radius 3 is 2.57 bits per heavy atom. The van der Waals surface area contributed by atoms with Crippen molar-refractivity contribution in [2.24, 2.45) is 0 Å². The number of amides is 2. The first-order valence-electron chi connectivity index (χ1n) is 9.92. The number of benzene rings is 2. The fraction of sp³-hybridized carbons (Fsp3) is 0.261. The molecule has 30 heavy (non-hydrogen) atoms. The lowest BCUT2D eigenvalue weighted by atomic mass is 10.1. The van der Waals surface area contributed by atoms with Crippen molar-refractivity contribution in [3.05, 3.63) is 65.9 Å². The van der Waals surface area contributed by atoms with Gasteiger partial charge in [-0.15, -0.1) is 0 Å². The third-order valence-corrected chi connectivity index (χ3v) is 5.29. The summed E-state index contributed by atoms with van der Waals surface area (Å²) in [5.41, 5.74) is 2.31. The smallest absolute Gasteiger partial charge is 0.340 e. The number of rotatable bonds is 5. The number of likely N-dealkylation sites (tertiary alicyclic amines) is 1. The molecule has 1 fully saturated rings. The molecule has 1 aliphatic rings. The van der Waals surface area contributed by atoms with Crippen LogP contribution in [0.4, 0.5) is 5.69 Å². The van der Waals surface area contributed by atoms with E-state index in [0.29, 0.717) is 16.8 Å². The number of aromatic nitrogens is 1. The minimum atomic E-state index is -0.446. The lowest BCUT2D eigenvalue weighted by Crippen LogP contribution is -2.27. The maximum atomic E-state index is 12.7. The lowest BCUT2D eigenvalue weighted by Gasteiger charge is -2.16. The van der Waals surface area contributed by atoms with Crippen LogP contribution < -0.4 is 5.32 Å². The maximum absolute atomic E-state index is 12.7. The number of hydrogen-bond donors (Lipinski definition) is 1. The Kier molecular flexibility index (Phi) is 5.52. The Morgan fingerprint density at radius 1 is 1.03 bits per heavy atom. The standard InChI is InChI=1S/C23H23N3O4/c1-30-23(29)19-14-26(20-10-3-2-9-18(19)20)15-21(27)24-17-8-6-7-16(13-17)22(28)25-11-4-5-12-25/h2-3,6-10,13-14H,4-5,11-12,15H2,1H3,(H,24,27). The van der Waals surface area contributed by atoms with E-state index in [0.717, 1.165) is 36.8 Å². The molecule has 154 valence electrons. The van der Waals surface area contributed by atoms with Gasteiger partial charge in [-0.1, -0.05) is 24.3 Å². The molecule has 0 radical (unpaired) electrons. The van der Waals surface area contributed by atoms with E-state index in [1.165, 1.54) is 7.11 Å². The highest BCUT2D eigenvalue weighted by Crippen LogP contribution is 2.22.